The predicted octanol–water partition coefficient (Wildman–Crippen LogP) is 3.76. The molecule has 1 amide bonds. The molecule has 0 radical (unpaired) electrons. The fourth-order valence-corrected chi connectivity index (χ4v) is 2.84. The van der Waals surface area contributed by atoms with Gasteiger partial charge in [0.25, 0.3) is 0 Å². The van der Waals surface area contributed by atoms with E-state index in [9.17, 15) is 4.79 Å². The van der Waals surface area contributed by atoms with Gasteiger partial charge in [-0.3, -0.25) is 4.79 Å². The lowest BCUT2D eigenvalue weighted by atomic mass is 10.1. The predicted molar refractivity (Wildman–Crippen MR) is 102 cm³/mol. The quantitative estimate of drug-likeness (QED) is 0.663. The number of aromatic nitrogens is 1. The number of rotatable bonds is 9. The van der Waals surface area contributed by atoms with Crippen LogP contribution in [0.3, 0.4) is 0 Å². The zero-order valence-corrected chi connectivity index (χ0v) is 16.9. The largest absolute Gasteiger partial charge is 0.493 e. The van der Waals surface area contributed by atoms with Gasteiger partial charge in [0, 0.05) is 24.1 Å². The highest BCUT2D eigenvalue weighted by Gasteiger charge is 2.20. The lowest BCUT2D eigenvalue weighted by Gasteiger charge is -2.22. The molecule has 0 bridgehead atoms. The third-order valence-electron chi connectivity index (χ3n) is 4.16. The van der Waals surface area contributed by atoms with Gasteiger partial charge >= 0.3 is 0 Å². The van der Waals surface area contributed by atoms with Crippen LogP contribution in [-0.4, -0.2) is 43.8 Å². The summed E-state index contributed by atoms with van der Waals surface area (Å²) in [4.78, 5) is 14.2. The minimum Gasteiger partial charge on any atom is -0.493 e. The molecule has 27 heavy (non-hydrogen) atoms. The molecule has 0 spiro atoms. The lowest BCUT2D eigenvalue weighted by Crippen LogP contribution is -2.34. The Bertz CT molecular complexity index is 744. The van der Waals surface area contributed by atoms with Crippen molar-refractivity contribution in [1.82, 2.24) is 10.1 Å². The molecule has 2 aromatic rings. The zero-order chi connectivity index (χ0) is 20.0. The second-order valence-electron chi connectivity index (χ2n) is 6.51. The Morgan fingerprint density at radius 1 is 1.11 bits per heavy atom. The van der Waals surface area contributed by atoms with E-state index in [1.165, 1.54) is 0 Å². The number of benzene rings is 1. The van der Waals surface area contributed by atoms with Crippen molar-refractivity contribution in [3.63, 3.8) is 0 Å². The standard InChI is InChI=1S/C20H28N2O5/c1-7-8-22(20(23)13(2)3)12-15-11-16(27-21-15)14-9-17(24-4)19(26-6)18(10-14)25-5/h9-11,13H,7-8,12H2,1-6H3. The molecule has 2 rings (SSSR count). The summed E-state index contributed by atoms with van der Waals surface area (Å²) in [6.45, 7) is 6.94. The van der Waals surface area contributed by atoms with Crippen molar-refractivity contribution < 1.29 is 23.5 Å². The van der Waals surface area contributed by atoms with Crippen molar-refractivity contribution >= 4 is 5.91 Å². The molecule has 1 aromatic heterocycles. The Morgan fingerprint density at radius 2 is 1.74 bits per heavy atom. The van der Waals surface area contributed by atoms with Crippen LogP contribution in [0.25, 0.3) is 11.3 Å². The van der Waals surface area contributed by atoms with Crippen LogP contribution in [0.5, 0.6) is 17.2 Å². The first kappa shape index (κ1) is 20.6. The maximum atomic E-state index is 12.4. The summed E-state index contributed by atoms with van der Waals surface area (Å²) < 4.78 is 21.6. The number of hydrogen-bond donors (Lipinski definition) is 0. The molecule has 1 heterocycles. The number of ether oxygens (including phenoxy) is 3. The maximum absolute atomic E-state index is 12.4. The third kappa shape index (κ3) is 4.72. The van der Waals surface area contributed by atoms with E-state index in [0.29, 0.717) is 41.8 Å². The molecular weight excluding hydrogens is 348 g/mol. The van der Waals surface area contributed by atoms with E-state index < -0.39 is 0 Å². The number of hydrogen-bond acceptors (Lipinski definition) is 6. The smallest absolute Gasteiger partial charge is 0.225 e. The molecule has 0 aliphatic heterocycles. The molecule has 0 saturated heterocycles. The molecule has 0 aliphatic rings. The van der Waals surface area contributed by atoms with Gasteiger partial charge < -0.3 is 23.6 Å². The summed E-state index contributed by atoms with van der Waals surface area (Å²) in [6, 6.07) is 5.43. The highest BCUT2D eigenvalue weighted by molar-refractivity contribution is 5.78. The first-order valence-electron chi connectivity index (χ1n) is 8.99. The van der Waals surface area contributed by atoms with Gasteiger partial charge in [-0.1, -0.05) is 25.9 Å². The van der Waals surface area contributed by atoms with Crippen molar-refractivity contribution in [1.29, 1.82) is 0 Å². The Labute approximate surface area is 160 Å². The summed E-state index contributed by atoms with van der Waals surface area (Å²) in [7, 11) is 4.68. The van der Waals surface area contributed by atoms with E-state index in [-0.39, 0.29) is 11.8 Å². The molecule has 0 saturated carbocycles. The Morgan fingerprint density at radius 3 is 2.22 bits per heavy atom. The Hall–Kier alpha value is -2.70. The molecule has 0 unspecified atom stereocenters. The zero-order valence-electron chi connectivity index (χ0n) is 16.9. The Kier molecular flexibility index (Phi) is 7.10. The van der Waals surface area contributed by atoms with Crippen LogP contribution in [0.2, 0.25) is 0 Å². The van der Waals surface area contributed by atoms with Crippen LogP contribution in [0.4, 0.5) is 0 Å². The van der Waals surface area contributed by atoms with Crippen molar-refractivity contribution in [2.45, 2.75) is 33.7 Å². The van der Waals surface area contributed by atoms with Crippen LogP contribution >= 0.6 is 0 Å². The monoisotopic (exact) mass is 376 g/mol. The van der Waals surface area contributed by atoms with E-state index in [1.54, 1.807) is 33.5 Å². The van der Waals surface area contributed by atoms with Crippen molar-refractivity contribution in [2.24, 2.45) is 5.92 Å². The molecular formula is C20H28N2O5. The van der Waals surface area contributed by atoms with Gasteiger partial charge in [-0.2, -0.15) is 0 Å². The van der Waals surface area contributed by atoms with Crippen LogP contribution < -0.4 is 14.2 Å². The summed E-state index contributed by atoms with van der Waals surface area (Å²) >= 11 is 0. The highest BCUT2D eigenvalue weighted by Crippen LogP contribution is 2.41. The van der Waals surface area contributed by atoms with Crippen LogP contribution in [-0.2, 0) is 11.3 Å². The van der Waals surface area contributed by atoms with E-state index in [4.69, 9.17) is 18.7 Å². The Balaban J connectivity index is 2.30. The van der Waals surface area contributed by atoms with Crippen molar-refractivity contribution in [2.75, 3.05) is 27.9 Å². The third-order valence-corrected chi connectivity index (χ3v) is 4.16. The van der Waals surface area contributed by atoms with Gasteiger partial charge in [-0.05, 0) is 18.6 Å². The average molecular weight is 376 g/mol. The molecule has 7 nitrogen and oxygen atoms in total. The van der Waals surface area contributed by atoms with E-state index in [2.05, 4.69) is 5.16 Å². The summed E-state index contributed by atoms with van der Waals surface area (Å²) in [5, 5.41) is 4.13. The summed E-state index contributed by atoms with van der Waals surface area (Å²) in [5.41, 5.74) is 1.45. The van der Waals surface area contributed by atoms with E-state index in [1.807, 2.05) is 31.7 Å². The minimum absolute atomic E-state index is 0.0574. The number of amides is 1. The summed E-state index contributed by atoms with van der Waals surface area (Å²) in [5.74, 6) is 2.20. The SMILES string of the molecule is CCCN(Cc1cc(-c2cc(OC)c(OC)c(OC)c2)on1)C(=O)C(C)C. The fraction of sp³-hybridized carbons (Fsp3) is 0.500. The number of carbonyl (C=O) groups is 1. The molecule has 148 valence electrons. The average Bonchev–Trinajstić information content (AvgIpc) is 3.14. The van der Waals surface area contributed by atoms with Gasteiger partial charge in [0.05, 0.1) is 27.9 Å². The molecule has 1 aromatic carbocycles. The topological polar surface area (TPSA) is 74.0 Å². The molecule has 0 fully saturated rings. The molecule has 7 heteroatoms. The van der Waals surface area contributed by atoms with E-state index >= 15 is 0 Å². The lowest BCUT2D eigenvalue weighted by molar-refractivity contribution is -0.135. The highest BCUT2D eigenvalue weighted by atomic mass is 16.5. The normalized spacial score (nSPS) is 10.8. The second kappa shape index (κ2) is 9.30. The first-order valence-corrected chi connectivity index (χ1v) is 8.99. The van der Waals surface area contributed by atoms with Crippen molar-refractivity contribution in [3.8, 4) is 28.6 Å². The number of carbonyl (C=O) groups excluding carboxylic acids is 1. The molecule has 0 atom stereocenters. The molecule has 0 aliphatic carbocycles. The van der Waals surface area contributed by atoms with Crippen LogP contribution in [0.15, 0.2) is 22.7 Å². The first-order chi connectivity index (χ1) is 12.9. The van der Waals surface area contributed by atoms with Gasteiger partial charge in [0.1, 0.15) is 5.69 Å². The number of methoxy groups -OCH3 is 3. The summed E-state index contributed by atoms with van der Waals surface area (Å²) in [6.07, 6.45) is 0.885. The number of nitrogens with zero attached hydrogens (tertiary/aromatic N) is 2. The minimum atomic E-state index is -0.0574. The van der Waals surface area contributed by atoms with Gasteiger partial charge in [0.2, 0.25) is 11.7 Å². The van der Waals surface area contributed by atoms with Crippen molar-refractivity contribution in [3.05, 3.63) is 23.9 Å². The van der Waals surface area contributed by atoms with Crippen LogP contribution in [0, 0.1) is 5.92 Å². The van der Waals surface area contributed by atoms with Gasteiger partial charge in [-0.25, -0.2) is 0 Å². The van der Waals surface area contributed by atoms with E-state index in [0.717, 1.165) is 12.0 Å². The maximum Gasteiger partial charge on any atom is 0.225 e. The fourth-order valence-electron chi connectivity index (χ4n) is 2.84. The molecule has 0 N–H and O–H groups in total. The van der Waals surface area contributed by atoms with Crippen LogP contribution in [0.1, 0.15) is 32.9 Å². The van der Waals surface area contributed by atoms with Gasteiger partial charge in [-0.15, -0.1) is 0 Å². The van der Waals surface area contributed by atoms with Gasteiger partial charge in [0.15, 0.2) is 17.3 Å². The second-order valence-corrected chi connectivity index (χ2v) is 6.51.